The molecule has 1 heterocycles. The van der Waals surface area contributed by atoms with Gasteiger partial charge in [0.05, 0.1) is 5.56 Å². The second-order valence-electron chi connectivity index (χ2n) is 5.81. The first-order valence-electron chi connectivity index (χ1n) is 8.05. The largest absolute Gasteiger partial charge is 0.573 e. The third kappa shape index (κ3) is 6.32. The van der Waals surface area contributed by atoms with Crippen LogP contribution in [0.1, 0.15) is 16.1 Å². The summed E-state index contributed by atoms with van der Waals surface area (Å²) in [6.45, 7) is 2.29. The van der Waals surface area contributed by atoms with Crippen molar-refractivity contribution in [2.75, 3.05) is 37.4 Å². The van der Waals surface area contributed by atoms with Crippen molar-refractivity contribution in [1.29, 1.82) is 0 Å². The molecule has 0 aliphatic rings. The Hall–Kier alpha value is -3.04. The molecule has 0 bridgehead atoms. The van der Waals surface area contributed by atoms with E-state index in [1.807, 2.05) is 32.0 Å². The third-order valence-corrected chi connectivity index (χ3v) is 3.35. The number of halogens is 3. The Bertz CT molecular complexity index is 796. The SMILES string of the molecule is Cc1cc(N(C)C)nc(NCCNC(=O)c2ccccc2OC(F)(F)F)n1. The molecule has 0 saturated carbocycles. The lowest BCUT2D eigenvalue weighted by atomic mass is 10.2. The molecule has 2 aromatic rings. The Kier molecular flexibility index (Phi) is 6.43. The summed E-state index contributed by atoms with van der Waals surface area (Å²) >= 11 is 0. The van der Waals surface area contributed by atoms with Gasteiger partial charge < -0.3 is 20.3 Å². The van der Waals surface area contributed by atoms with Crippen LogP contribution in [0.25, 0.3) is 0 Å². The van der Waals surface area contributed by atoms with Gasteiger partial charge in [-0.25, -0.2) is 4.98 Å². The summed E-state index contributed by atoms with van der Waals surface area (Å²) < 4.78 is 41.1. The first kappa shape index (κ1) is 20.3. The van der Waals surface area contributed by atoms with Crippen molar-refractivity contribution in [3.05, 3.63) is 41.6 Å². The molecule has 2 rings (SSSR count). The highest BCUT2D eigenvalue weighted by molar-refractivity contribution is 5.96. The van der Waals surface area contributed by atoms with E-state index in [1.54, 1.807) is 0 Å². The molecule has 146 valence electrons. The van der Waals surface area contributed by atoms with Crippen molar-refractivity contribution < 1.29 is 22.7 Å². The van der Waals surface area contributed by atoms with Gasteiger partial charge in [-0.05, 0) is 19.1 Å². The van der Waals surface area contributed by atoms with E-state index in [2.05, 4.69) is 25.3 Å². The van der Waals surface area contributed by atoms with Crippen LogP contribution in [0.3, 0.4) is 0 Å². The Morgan fingerprint density at radius 2 is 1.89 bits per heavy atom. The molecule has 2 N–H and O–H groups in total. The van der Waals surface area contributed by atoms with Gasteiger partial charge in [-0.15, -0.1) is 13.2 Å². The Balaban J connectivity index is 1.92. The molecule has 0 unspecified atom stereocenters. The van der Waals surface area contributed by atoms with Crippen molar-refractivity contribution in [3.63, 3.8) is 0 Å². The fraction of sp³-hybridized carbons (Fsp3) is 0.353. The molecular formula is C17H20F3N5O2. The van der Waals surface area contributed by atoms with Crippen LogP contribution in [0.15, 0.2) is 30.3 Å². The lowest BCUT2D eigenvalue weighted by Crippen LogP contribution is -2.30. The molecule has 0 saturated heterocycles. The molecule has 1 aromatic carbocycles. The van der Waals surface area contributed by atoms with Crippen LogP contribution in [-0.4, -0.2) is 49.4 Å². The standard InChI is InChI=1S/C17H20F3N5O2/c1-11-10-14(25(2)3)24-16(23-11)22-9-8-21-15(26)12-6-4-5-7-13(12)27-17(18,19)20/h4-7,10H,8-9H2,1-3H3,(H,21,26)(H,22,23,24). The Labute approximate surface area is 154 Å². The number of carbonyl (C=O) groups excluding carboxylic acids is 1. The molecular weight excluding hydrogens is 363 g/mol. The molecule has 0 fully saturated rings. The second-order valence-corrected chi connectivity index (χ2v) is 5.81. The van der Waals surface area contributed by atoms with E-state index in [1.165, 1.54) is 18.2 Å². The highest BCUT2D eigenvalue weighted by atomic mass is 19.4. The minimum atomic E-state index is -4.87. The average molecular weight is 383 g/mol. The zero-order valence-corrected chi connectivity index (χ0v) is 15.1. The highest BCUT2D eigenvalue weighted by Gasteiger charge is 2.32. The van der Waals surface area contributed by atoms with Crippen molar-refractivity contribution >= 4 is 17.7 Å². The number of carbonyl (C=O) groups is 1. The normalized spacial score (nSPS) is 11.0. The minimum Gasteiger partial charge on any atom is -0.405 e. The van der Waals surface area contributed by atoms with E-state index in [9.17, 15) is 18.0 Å². The molecule has 1 aromatic heterocycles. The van der Waals surface area contributed by atoms with Crippen molar-refractivity contribution in [3.8, 4) is 5.75 Å². The van der Waals surface area contributed by atoms with E-state index >= 15 is 0 Å². The maximum Gasteiger partial charge on any atom is 0.573 e. The molecule has 27 heavy (non-hydrogen) atoms. The maximum absolute atomic E-state index is 12.4. The van der Waals surface area contributed by atoms with E-state index in [4.69, 9.17) is 0 Å². The van der Waals surface area contributed by atoms with Gasteiger partial charge >= 0.3 is 6.36 Å². The molecule has 1 amide bonds. The van der Waals surface area contributed by atoms with E-state index in [0.29, 0.717) is 12.5 Å². The number of hydrogen-bond acceptors (Lipinski definition) is 6. The smallest absolute Gasteiger partial charge is 0.405 e. The van der Waals surface area contributed by atoms with Crippen LogP contribution in [0.5, 0.6) is 5.75 Å². The minimum absolute atomic E-state index is 0.161. The zero-order chi connectivity index (χ0) is 20.0. The second kappa shape index (κ2) is 8.56. The zero-order valence-electron chi connectivity index (χ0n) is 15.1. The summed E-state index contributed by atoms with van der Waals surface area (Å²) in [4.78, 5) is 22.5. The topological polar surface area (TPSA) is 79.4 Å². The van der Waals surface area contributed by atoms with Gasteiger partial charge in [-0.1, -0.05) is 12.1 Å². The fourth-order valence-electron chi connectivity index (χ4n) is 2.17. The van der Waals surface area contributed by atoms with E-state index in [0.717, 1.165) is 17.6 Å². The summed E-state index contributed by atoms with van der Waals surface area (Å²) in [5.41, 5.74) is 0.579. The predicted molar refractivity (Wildman–Crippen MR) is 95.0 cm³/mol. The van der Waals surface area contributed by atoms with Crippen LogP contribution < -0.4 is 20.3 Å². The van der Waals surface area contributed by atoms with Crippen LogP contribution >= 0.6 is 0 Å². The number of para-hydroxylation sites is 1. The predicted octanol–water partition coefficient (Wildman–Crippen LogP) is 2.59. The van der Waals surface area contributed by atoms with Gasteiger partial charge in [0.2, 0.25) is 5.95 Å². The quantitative estimate of drug-likeness (QED) is 0.716. The molecule has 7 nitrogen and oxygen atoms in total. The maximum atomic E-state index is 12.4. The first-order chi connectivity index (χ1) is 12.7. The van der Waals surface area contributed by atoms with E-state index < -0.39 is 18.0 Å². The lowest BCUT2D eigenvalue weighted by molar-refractivity contribution is -0.274. The number of aryl methyl sites for hydroxylation is 1. The average Bonchev–Trinajstić information content (AvgIpc) is 2.57. The van der Waals surface area contributed by atoms with Gasteiger partial charge in [0.1, 0.15) is 11.6 Å². The fourth-order valence-corrected chi connectivity index (χ4v) is 2.17. The van der Waals surface area contributed by atoms with Crippen LogP contribution in [0.2, 0.25) is 0 Å². The summed E-state index contributed by atoms with van der Waals surface area (Å²) in [6, 6.07) is 6.99. The van der Waals surface area contributed by atoms with Crippen LogP contribution in [-0.2, 0) is 0 Å². The lowest BCUT2D eigenvalue weighted by Gasteiger charge is -2.14. The number of nitrogens with one attached hydrogen (secondary N) is 2. The summed E-state index contributed by atoms with van der Waals surface area (Å²) in [7, 11) is 3.71. The monoisotopic (exact) mass is 383 g/mol. The summed E-state index contributed by atoms with van der Waals surface area (Å²) in [6.07, 6.45) is -4.87. The number of amides is 1. The summed E-state index contributed by atoms with van der Waals surface area (Å²) in [5, 5.41) is 5.50. The van der Waals surface area contributed by atoms with Crippen molar-refractivity contribution in [2.45, 2.75) is 13.3 Å². The van der Waals surface area contributed by atoms with Gasteiger partial charge in [-0.2, -0.15) is 4.98 Å². The van der Waals surface area contributed by atoms with Gasteiger partial charge in [-0.3, -0.25) is 4.79 Å². The molecule has 0 radical (unpaired) electrons. The van der Waals surface area contributed by atoms with E-state index in [-0.39, 0.29) is 12.1 Å². The Morgan fingerprint density at radius 1 is 1.19 bits per heavy atom. The number of hydrogen-bond donors (Lipinski definition) is 2. The van der Waals surface area contributed by atoms with Crippen LogP contribution in [0, 0.1) is 6.92 Å². The molecule has 0 aliphatic heterocycles. The number of ether oxygens (including phenoxy) is 1. The van der Waals surface area contributed by atoms with Gasteiger partial charge in [0.25, 0.3) is 5.91 Å². The molecule has 10 heteroatoms. The summed E-state index contributed by atoms with van der Waals surface area (Å²) in [5.74, 6) is -0.0927. The van der Waals surface area contributed by atoms with Crippen LogP contribution in [0.4, 0.5) is 24.9 Å². The molecule has 0 atom stereocenters. The van der Waals surface area contributed by atoms with Gasteiger partial charge in [0, 0.05) is 38.9 Å². The number of benzene rings is 1. The van der Waals surface area contributed by atoms with Crippen molar-refractivity contribution in [2.24, 2.45) is 0 Å². The number of nitrogens with zero attached hydrogens (tertiary/aromatic N) is 3. The van der Waals surface area contributed by atoms with Gasteiger partial charge in [0.15, 0.2) is 0 Å². The molecule has 0 aliphatic carbocycles. The first-order valence-corrected chi connectivity index (χ1v) is 8.05. The number of aromatic nitrogens is 2. The third-order valence-electron chi connectivity index (χ3n) is 3.35. The van der Waals surface area contributed by atoms with Crippen molar-refractivity contribution in [1.82, 2.24) is 15.3 Å². The Morgan fingerprint density at radius 3 is 2.56 bits per heavy atom. The number of rotatable bonds is 7. The number of alkyl halides is 3. The highest BCUT2D eigenvalue weighted by Crippen LogP contribution is 2.26. The molecule has 0 spiro atoms. The number of anilines is 2.